The van der Waals surface area contributed by atoms with Gasteiger partial charge in [0.15, 0.2) is 11.5 Å². The Bertz CT molecular complexity index is 373. The molecule has 0 atom stereocenters. The van der Waals surface area contributed by atoms with Gasteiger partial charge in [-0.15, -0.1) is 0 Å². The van der Waals surface area contributed by atoms with Crippen LogP contribution < -0.4 is 0 Å². The predicted molar refractivity (Wildman–Crippen MR) is 38.9 cm³/mol. The Hall–Kier alpha value is -1.28. The van der Waals surface area contributed by atoms with Crippen molar-refractivity contribution in [3.8, 4) is 6.07 Å². The summed E-state index contributed by atoms with van der Waals surface area (Å²) >= 11 is 5.27. The zero-order valence-corrected chi connectivity index (χ0v) is 6.82. The lowest BCUT2D eigenvalue weighted by Gasteiger charge is -2.02. The third kappa shape index (κ3) is 1.90. The van der Waals surface area contributed by atoms with E-state index in [9.17, 15) is 13.2 Å². The van der Waals surface area contributed by atoms with Crippen molar-refractivity contribution in [3.05, 3.63) is 28.3 Å². The summed E-state index contributed by atoms with van der Waals surface area (Å²) in [6.07, 6.45) is -2.90. The lowest BCUT2D eigenvalue weighted by atomic mass is 10.2. The third-order valence-electron chi connectivity index (χ3n) is 1.30. The van der Waals surface area contributed by atoms with E-state index in [1.54, 1.807) is 0 Å². The number of nitrogens with zero attached hydrogens (tertiary/aromatic N) is 2. The summed E-state index contributed by atoms with van der Waals surface area (Å²) in [6, 6.07) is 1.90. The highest BCUT2D eigenvalue weighted by molar-refractivity contribution is 6.30. The fourth-order valence-electron chi connectivity index (χ4n) is 0.712. The van der Waals surface area contributed by atoms with E-state index in [-0.39, 0.29) is 0 Å². The summed E-state index contributed by atoms with van der Waals surface area (Å²) in [6.45, 7) is 0. The molecule has 0 radical (unpaired) electrons. The van der Waals surface area contributed by atoms with Crippen LogP contribution in [0.5, 0.6) is 0 Å². The molecule has 68 valence electrons. The molecule has 0 aliphatic rings. The maximum Gasteiger partial charge on any atom is 0.266 e. The molecule has 1 aromatic heterocycles. The first kappa shape index (κ1) is 9.81. The number of nitriles is 1. The maximum atomic E-state index is 12.7. The first-order valence-corrected chi connectivity index (χ1v) is 3.48. The van der Waals surface area contributed by atoms with Gasteiger partial charge in [0.25, 0.3) is 6.43 Å². The molecular formula is C7H2ClF3N2. The van der Waals surface area contributed by atoms with E-state index in [2.05, 4.69) is 4.98 Å². The van der Waals surface area contributed by atoms with E-state index in [4.69, 9.17) is 16.9 Å². The van der Waals surface area contributed by atoms with Crippen LogP contribution in [0.3, 0.4) is 0 Å². The third-order valence-corrected chi connectivity index (χ3v) is 1.60. The smallest absolute Gasteiger partial charge is 0.222 e. The Labute approximate surface area is 76.6 Å². The van der Waals surface area contributed by atoms with Crippen molar-refractivity contribution in [1.29, 1.82) is 5.26 Å². The molecule has 0 spiro atoms. The summed E-state index contributed by atoms with van der Waals surface area (Å²) in [5.74, 6) is -1.10. The van der Waals surface area contributed by atoms with Crippen molar-refractivity contribution in [1.82, 2.24) is 4.98 Å². The standard InChI is InChI=1S/C7H2ClF3N2/c8-6-3(7(10)11)1-4(9)5(2-12)13-6/h1,7H. The highest BCUT2D eigenvalue weighted by Crippen LogP contribution is 2.26. The molecule has 0 saturated heterocycles. The largest absolute Gasteiger partial charge is 0.266 e. The van der Waals surface area contributed by atoms with Gasteiger partial charge >= 0.3 is 0 Å². The molecule has 0 amide bonds. The van der Waals surface area contributed by atoms with Crippen LogP contribution in [0.4, 0.5) is 13.2 Å². The molecule has 0 fully saturated rings. The van der Waals surface area contributed by atoms with Gasteiger partial charge in [0.2, 0.25) is 0 Å². The summed E-state index contributed by atoms with van der Waals surface area (Å²) in [7, 11) is 0. The van der Waals surface area contributed by atoms with E-state index in [1.807, 2.05) is 0 Å². The summed E-state index contributed by atoms with van der Waals surface area (Å²) in [5, 5.41) is 7.73. The molecule has 13 heavy (non-hydrogen) atoms. The van der Waals surface area contributed by atoms with E-state index >= 15 is 0 Å². The van der Waals surface area contributed by atoms with Crippen molar-refractivity contribution in [3.63, 3.8) is 0 Å². The zero-order chi connectivity index (χ0) is 10.0. The van der Waals surface area contributed by atoms with E-state index in [0.29, 0.717) is 6.07 Å². The lowest BCUT2D eigenvalue weighted by molar-refractivity contribution is 0.150. The van der Waals surface area contributed by atoms with Gasteiger partial charge in [0.05, 0.1) is 5.56 Å². The van der Waals surface area contributed by atoms with Crippen LogP contribution in [-0.4, -0.2) is 4.98 Å². The summed E-state index contributed by atoms with van der Waals surface area (Å²) < 4.78 is 36.9. The van der Waals surface area contributed by atoms with Gasteiger partial charge in [-0.05, 0) is 6.07 Å². The SMILES string of the molecule is N#Cc1nc(Cl)c(C(F)F)cc1F. The second-order valence-corrected chi connectivity index (χ2v) is 2.47. The molecular weight excluding hydrogens is 205 g/mol. The van der Waals surface area contributed by atoms with Crippen molar-refractivity contribution in [2.75, 3.05) is 0 Å². The molecule has 0 aromatic carbocycles. The van der Waals surface area contributed by atoms with E-state index in [0.717, 1.165) is 0 Å². The number of rotatable bonds is 1. The Morgan fingerprint density at radius 3 is 2.62 bits per heavy atom. The maximum absolute atomic E-state index is 12.7. The average Bonchev–Trinajstić information content (AvgIpc) is 2.07. The highest BCUT2D eigenvalue weighted by Gasteiger charge is 2.16. The van der Waals surface area contributed by atoms with Crippen LogP contribution in [0.15, 0.2) is 6.07 Å². The van der Waals surface area contributed by atoms with Crippen LogP contribution >= 0.6 is 11.6 Å². The fourth-order valence-corrected chi connectivity index (χ4v) is 0.934. The van der Waals surface area contributed by atoms with E-state index < -0.39 is 28.7 Å². The van der Waals surface area contributed by atoms with E-state index in [1.165, 1.54) is 6.07 Å². The van der Waals surface area contributed by atoms with Crippen molar-refractivity contribution >= 4 is 11.6 Å². The van der Waals surface area contributed by atoms with Gasteiger partial charge in [-0.25, -0.2) is 18.2 Å². The van der Waals surface area contributed by atoms with Gasteiger partial charge in [-0.3, -0.25) is 0 Å². The van der Waals surface area contributed by atoms with Gasteiger partial charge in [0.1, 0.15) is 11.2 Å². The molecule has 6 heteroatoms. The highest BCUT2D eigenvalue weighted by atomic mass is 35.5. The molecule has 0 aliphatic heterocycles. The second kappa shape index (κ2) is 3.62. The summed E-state index contributed by atoms with van der Waals surface area (Å²) in [4.78, 5) is 3.16. The monoisotopic (exact) mass is 206 g/mol. The van der Waals surface area contributed by atoms with Crippen molar-refractivity contribution < 1.29 is 13.2 Å². The van der Waals surface area contributed by atoms with Crippen LogP contribution in [0.25, 0.3) is 0 Å². The zero-order valence-electron chi connectivity index (χ0n) is 6.06. The number of hydrogen-bond donors (Lipinski definition) is 0. The Morgan fingerprint density at radius 2 is 2.15 bits per heavy atom. The van der Waals surface area contributed by atoms with Crippen LogP contribution in [-0.2, 0) is 0 Å². The first-order chi connectivity index (χ1) is 6.06. The molecule has 0 aliphatic carbocycles. The minimum Gasteiger partial charge on any atom is -0.222 e. The van der Waals surface area contributed by atoms with Gasteiger partial charge < -0.3 is 0 Å². The molecule has 2 nitrogen and oxygen atoms in total. The second-order valence-electron chi connectivity index (χ2n) is 2.11. The molecule has 0 bridgehead atoms. The first-order valence-electron chi connectivity index (χ1n) is 3.10. The average molecular weight is 207 g/mol. The lowest BCUT2D eigenvalue weighted by Crippen LogP contribution is -1.96. The van der Waals surface area contributed by atoms with Crippen LogP contribution in [0.1, 0.15) is 17.7 Å². The van der Waals surface area contributed by atoms with Gasteiger partial charge in [-0.2, -0.15) is 5.26 Å². The number of hydrogen-bond acceptors (Lipinski definition) is 2. The number of pyridine rings is 1. The minimum absolute atomic E-state index is 0.512. The number of halogens is 4. The van der Waals surface area contributed by atoms with Gasteiger partial charge in [-0.1, -0.05) is 11.6 Å². The molecule has 1 heterocycles. The Kier molecular flexibility index (Phi) is 2.73. The normalized spacial score (nSPS) is 10.2. The molecule has 1 aromatic rings. The molecule has 0 N–H and O–H groups in total. The quantitative estimate of drug-likeness (QED) is 0.663. The summed E-state index contributed by atoms with van der Waals surface area (Å²) in [5.41, 5.74) is -1.30. The molecule has 0 unspecified atom stereocenters. The predicted octanol–water partition coefficient (Wildman–Crippen LogP) is 2.68. The Morgan fingerprint density at radius 1 is 1.54 bits per heavy atom. The fraction of sp³-hybridized carbons (Fsp3) is 0.143. The van der Waals surface area contributed by atoms with Crippen molar-refractivity contribution in [2.45, 2.75) is 6.43 Å². The topological polar surface area (TPSA) is 36.7 Å². The Balaban J connectivity index is 3.31. The number of alkyl halides is 2. The van der Waals surface area contributed by atoms with Crippen LogP contribution in [0.2, 0.25) is 5.15 Å². The minimum atomic E-state index is -2.90. The van der Waals surface area contributed by atoms with Crippen LogP contribution in [0, 0.1) is 17.1 Å². The van der Waals surface area contributed by atoms with Crippen molar-refractivity contribution in [2.24, 2.45) is 0 Å². The molecule has 0 saturated carbocycles. The molecule has 1 rings (SSSR count). The number of aromatic nitrogens is 1. The van der Waals surface area contributed by atoms with Gasteiger partial charge in [0, 0.05) is 0 Å².